The first kappa shape index (κ1) is 12.9. The van der Waals surface area contributed by atoms with Gasteiger partial charge in [0, 0.05) is 13.0 Å². The summed E-state index contributed by atoms with van der Waals surface area (Å²) in [5.74, 6) is -0.843. The van der Waals surface area contributed by atoms with Crippen molar-refractivity contribution >= 4 is 11.9 Å². The zero-order valence-corrected chi connectivity index (χ0v) is 9.36. The van der Waals surface area contributed by atoms with E-state index in [1.807, 2.05) is 0 Å². The summed E-state index contributed by atoms with van der Waals surface area (Å²) in [5.41, 5.74) is 0. The summed E-state index contributed by atoms with van der Waals surface area (Å²) in [6.07, 6.45) is 0.123. The van der Waals surface area contributed by atoms with Crippen LogP contribution in [-0.4, -0.2) is 44.5 Å². The Morgan fingerprint density at radius 1 is 1.38 bits per heavy atom. The van der Waals surface area contributed by atoms with Crippen molar-refractivity contribution in [2.45, 2.75) is 26.1 Å². The van der Waals surface area contributed by atoms with E-state index < -0.39 is 5.97 Å². The standard InChI is InChI=1S/C10H17NO5/c1-2-14-9(13)7-8(12)11-4-3-10-15-5-6-16-10/h10H,2-7H2,1H3,(H,11,12). The highest BCUT2D eigenvalue weighted by Crippen LogP contribution is 2.06. The average molecular weight is 231 g/mol. The molecule has 1 heterocycles. The predicted octanol–water partition coefficient (Wildman–Crippen LogP) is -0.181. The van der Waals surface area contributed by atoms with E-state index in [-0.39, 0.29) is 25.2 Å². The van der Waals surface area contributed by atoms with Crippen molar-refractivity contribution in [1.29, 1.82) is 0 Å². The van der Waals surface area contributed by atoms with Crippen LogP contribution in [-0.2, 0) is 23.8 Å². The van der Waals surface area contributed by atoms with Gasteiger partial charge in [0.25, 0.3) is 0 Å². The van der Waals surface area contributed by atoms with Crippen LogP contribution in [0.1, 0.15) is 19.8 Å². The molecular weight excluding hydrogens is 214 g/mol. The van der Waals surface area contributed by atoms with Gasteiger partial charge in [-0.05, 0) is 6.92 Å². The van der Waals surface area contributed by atoms with E-state index in [1.165, 1.54) is 0 Å². The molecule has 0 aromatic heterocycles. The van der Waals surface area contributed by atoms with E-state index in [2.05, 4.69) is 10.1 Å². The van der Waals surface area contributed by atoms with Crippen molar-refractivity contribution in [2.75, 3.05) is 26.4 Å². The topological polar surface area (TPSA) is 73.9 Å². The summed E-state index contributed by atoms with van der Waals surface area (Å²) in [6.45, 7) is 3.62. The van der Waals surface area contributed by atoms with Crippen molar-refractivity contribution in [3.05, 3.63) is 0 Å². The molecule has 0 aliphatic carbocycles. The van der Waals surface area contributed by atoms with Crippen molar-refractivity contribution < 1.29 is 23.8 Å². The number of amides is 1. The van der Waals surface area contributed by atoms with Gasteiger partial charge in [-0.15, -0.1) is 0 Å². The predicted molar refractivity (Wildman–Crippen MR) is 54.6 cm³/mol. The summed E-state index contributed by atoms with van der Waals surface area (Å²) in [6, 6.07) is 0. The van der Waals surface area contributed by atoms with Crippen LogP contribution < -0.4 is 5.32 Å². The van der Waals surface area contributed by atoms with Gasteiger partial charge < -0.3 is 19.5 Å². The minimum absolute atomic E-state index is 0.233. The Morgan fingerprint density at radius 2 is 2.06 bits per heavy atom. The van der Waals surface area contributed by atoms with Gasteiger partial charge >= 0.3 is 5.97 Å². The van der Waals surface area contributed by atoms with Crippen molar-refractivity contribution in [2.24, 2.45) is 0 Å². The molecule has 16 heavy (non-hydrogen) atoms. The Balaban J connectivity index is 2.03. The minimum Gasteiger partial charge on any atom is -0.466 e. The smallest absolute Gasteiger partial charge is 0.315 e. The lowest BCUT2D eigenvalue weighted by molar-refractivity contribution is -0.146. The third kappa shape index (κ3) is 5.09. The van der Waals surface area contributed by atoms with Gasteiger partial charge in [0.05, 0.1) is 19.8 Å². The summed E-state index contributed by atoms with van der Waals surface area (Å²) in [7, 11) is 0. The molecule has 6 nitrogen and oxygen atoms in total. The number of carbonyl (C=O) groups excluding carboxylic acids is 2. The van der Waals surface area contributed by atoms with Gasteiger partial charge in [-0.2, -0.15) is 0 Å². The van der Waals surface area contributed by atoms with Crippen molar-refractivity contribution in [3.8, 4) is 0 Å². The Bertz CT molecular complexity index is 237. The quantitative estimate of drug-likeness (QED) is 0.507. The molecule has 0 spiro atoms. The second kappa shape index (κ2) is 7.19. The van der Waals surface area contributed by atoms with E-state index >= 15 is 0 Å². The Labute approximate surface area is 94.2 Å². The SMILES string of the molecule is CCOC(=O)CC(=O)NCCC1OCCO1. The molecule has 1 aliphatic heterocycles. The van der Waals surface area contributed by atoms with Crippen LogP contribution in [0.15, 0.2) is 0 Å². The van der Waals surface area contributed by atoms with Crippen molar-refractivity contribution in [1.82, 2.24) is 5.32 Å². The summed E-state index contributed by atoms with van der Waals surface area (Å²) < 4.78 is 15.0. The largest absolute Gasteiger partial charge is 0.466 e. The lowest BCUT2D eigenvalue weighted by Crippen LogP contribution is -2.29. The second-order valence-electron chi connectivity index (χ2n) is 3.29. The van der Waals surface area contributed by atoms with Crippen LogP contribution >= 0.6 is 0 Å². The molecule has 0 aromatic carbocycles. The van der Waals surface area contributed by atoms with Gasteiger partial charge in [-0.25, -0.2) is 0 Å². The molecule has 1 amide bonds. The fourth-order valence-corrected chi connectivity index (χ4v) is 1.31. The average Bonchev–Trinajstić information content (AvgIpc) is 2.70. The van der Waals surface area contributed by atoms with Gasteiger partial charge in [0.15, 0.2) is 6.29 Å². The molecule has 1 aliphatic rings. The molecule has 0 bridgehead atoms. The number of carbonyl (C=O) groups is 2. The molecule has 0 atom stereocenters. The Morgan fingerprint density at radius 3 is 2.69 bits per heavy atom. The first-order chi connectivity index (χ1) is 7.72. The van der Waals surface area contributed by atoms with Crippen LogP contribution in [0.2, 0.25) is 0 Å². The van der Waals surface area contributed by atoms with E-state index in [0.717, 1.165) is 0 Å². The fourth-order valence-electron chi connectivity index (χ4n) is 1.31. The fraction of sp³-hybridized carbons (Fsp3) is 0.800. The van der Waals surface area contributed by atoms with E-state index in [1.54, 1.807) is 6.92 Å². The molecule has 0 unspecified atom stereocenters. The van der Waals surface area contributed by atoms with Gasteiger partial charge in [0.1, 0.15) is 6.42 Å². The molecule has 0 saturated carbocycles. The highest BCUT2D eigenvalue weighted by Gasteiger charge is 2.16. The highest BCUT2D eigenvalue weighted by molar-refractivity contribution is 5.94. The maximum atomic E-state index is 11.2. The number of nitrogens with one attached hydrogen (secondary N) is 1. The third-order valence-corrected chi connectivity index (χ3v) is 2.00. The van der Waals surface area contributed by atoms with E-state index in [9.17, 15) is 9.59 Å². The lowest BCUT2D eigenvalue weighted by Gasteiger charge is -2.09. The zero-order chi connectivity index (χ0) is 11.8. The molecule has 1 fully saturated rings. The van der Waals surface area contributed by atoms with E-state index in [4.69, 9.17) is 9.47 Å². The van der Waals surface area contributed by atoms with Gasteiger partial charge in [-0.3, -0.25) is 9.59 Å². The van der Waals surface area contributed by atoms with E-state index in [0.29, 0.717) is 26.2 Å². The lowest BCUT2D eigenvalue weighted by atomic mass is 10.3. The second-order valence-corrected chi connectivity index (χ2v) is 3.29. The third-order valence-electron chi connectivity index (χ3n) is 2.00. The first-order valence-electron chi connectivity index (χ1n) is 5.38. The van der Waals surface area contributed by atoms with Gasteiger partial charge in [0.2, 0.25) is 5.91 Å². The van der Waals surface area contributed by atoms with Crippen LogP contribution in [0.4, 0.5) is 0 Å². The molecule has 92 valence electrons. The van der Waals surface area contributed by atoms with Gasteiger partial charge in [-0.1, -0.05) is 0 Å². The zero-order valence-electron chi connectivity index (χ0n) is 9.36. The monoisotopic (exact) mass is 231 g/mol. The van der Waals surface area contributed by atoms with Crippen LogP contribution in [0, 0.1) is 0 Å². The van der Waals surface area contributed by atoms with Crippen LogP contribution in [0.25, 0.3) is 0 Å². The van der Waals surface area contributed by atoms with Crippen LogP contribution in [0.5, 0.6) is 0 Å². The molecule has 0 radical (unpaired) electrons. The molecular formula is C10H17NO5. The van der Waals surface area contributed by atoms with Crippen molar-refractivity contribution in [3.63, 3.8) is 0 Å². The summed E-state index contributed by atoms with van der Waals surface area (Å²) in [4.78, 5) is 22.1. The molecule has 6 heteroatoms. The number of rotatable bonds is 6. The summed E-state index contributed by atoms with van der Waals surface area (Å²) in [5, 5.41) is 2.60. The normalized spacial score (nSPS) is 16.1. The number of hydrogen-bond donors (Lipinski definition) is 1. The molecule has 1 N–H and O–H groups in total. The van der Waals surface area contributed by atoms with Crippen LogP contribution in [0.3, 0.4) is 0 Å². The number of ether oxygens (including phenoxy) is 3. The summed E-state index contributed by atoms with van der Waals surface area (Å²) >= 11 is 0. The highest BCUT2D eigenvalue weighted by atomic mass is 16.7. The Hall–Kier alpha value is -1.14. The maximum Gasteiger partial charge on any atom is 0.315 e. The maximum absolute atomic E-state index is 11.2. The Kier molecular flexibility index (Phi) is 5.81. The first-order valence-corrected chi connectivity index (χ1v) is 5.38. The molecule has 0 aromatic rings. The molecule has 1 rings (SSSR count). The minimum atomic E-state index is -0.506. The number of hydrogen-bond acceptors (Lipinski definition) is 5. The molecule has 1 saturated heterocycles. The number of esters is 1.